The first-order valence-electron chi connectivity index (χ1n) is 16.2. The fourth-order valence-electron chi connectivity index (χ4n) is 4.99. The predicted octanol–water partition coefficient (Wildman–Crippen LogP) is -0.607. The first-order chi connectivity index (χ1) is 22.9. The average molecular weight is 689 g/mol. The van der Waals surface area contributed by atoms with Crippen LogP contribution in [-0.4, -0.2) is 88.0 Å². The minimum Gasteiger partial charge on any atom is -0.460 e. The molecule has 0 saturated heterocycles. The van der Waals surface area contributed by atoms with Crippen LogP contribution in [-0.2, 0) is 39.9 Å². The molecule has 0 fully saturated rings. The molecule has 0 radical (unpaired) electrons. The van der Waals surface area contributed by atoms with Crippen molar-refractivity contribution < 1.29 is 38.6 Å². The minimum atomic E-state index is -1.58. The van der Waals surface area contributed by atoms with Crippen LogP contribution in [0, 0.1) is 11.8 Å². The summed E-state index contributed by atoms with van der Waals surface area (Å²) in [5.41, 5.74) is 8.95. The van der Waals surface area contributed by atoms with Crippen LogP contribution >= 0.6 is 0 Å². The summed E-state index contributed by atoms with van der Waals surface area (Å²) >= 11 is 0. The number of ether oxygens (including phenoxy) is 1. The zero-order chi connectivity index (χ0) is 37.1. The van der Waals surface area contributed by atoms with Gasteiger partial charge < -0.3 is 41.8 Å². The first kappa shape index (κ1) is 40.6. The number of H-pyrrole nitrogens is 1. The molecule has 0 saturated carbocycles. The number of esters is 1. The Hall–Kier alpha value is -4.54. The van der Waals surface area contributed by atoms with E-state index in [9.17, 15) is 33.9 Å². The summed E-state index contributed by atoms with van der Waals surface area (Å²) in [4.78, 5) is 81.2. The van der Waals surface area contributed by atoms with Gasteiger partial charge in [0.25, 0.3) is 5.91 Å². The number of carbonyl (C=O) groups excluding carboxylic acids is 6. The summed E-state index contributed by atoms with van der Waals surface area (Å²) in [6.45, 7) is 11.0. The summed E-state index contributed by atoms with van der Waals surface area (Å²) < 4.78 is 5.34. The molecule has 1 heterocycles. The topological polar surface area (TPSA) is 260 Å². The predicted molar refractivity (Wildman–Crippen MR) is 182 cm³/mol. The summed E-state index contributed by atoms with van der Waals surface area (Å²) in [7, 11) is 0. The SMILES string of the molecule is CC(C)C[C@H](NC(=O)[C@H](NC(=O)[C@H](CO)NC(=O)[C@@H](CC(=O)OC(C)(C)C)NC(=O)[C@H](N)Cc1c[nH]c2ccccc12)C(C)C)C(=O)NN. The summed E-state index contributed by atoms with van der Waals surface area (Å²) in [6.07, 6.45) is 1.52. The number of fused-ring (bicyclic) bond motifs is 1. The van der Waals surface area contributed by atoms with E-state index in [0.717, 1.165) is 16.5 Å². The molecular formula is C33H52N8O8. The molecule has 0 aliphatic heterocycles. The van der Waals surface area contributed by atoms with Crippen molar-refractivity contribution in [2.45, 2.75) is 104 Å². The van der Waals surface area contributed by atoms with Gasteiger partial charge in [0.05, 0.1) is 19.1 Å². The molecule has 2 rings (SSSR count). The Morgan fingerprint density at radius 1 is 0.837 bits per heavy atom. The van der Waals surface area contributed by atoms with E-state index >= 15 is 0 Å². The molecule has 5 atom stereocenters. The number of benzene rings is 1. The second-order valence-electron chi connectivity index (χ2n) is 13.7. The second kappa shape index (κ2) is 18.3. The molecule has 16 heteroatoms. The lowest BCUT2D eigenvalue weighted by atomic mass is 9.99. The van der Waals surface area contributed by atoms with E-state index in [1.165, 1.54) is 0 Å². The van der Waals surface area contributed by atoms with Gasteiger partial charge in [-0.3, -0.25) is 34.2 Å². The first-order valence-corrected chi connectivity index (χ1v) is 16.2. The number of para-hydroxylation sites is 1. The number of hydrazine groups is 1. The van der Waals surface area contributed by atoms with Gasteiger partial charge in [-0.05, 0) is 57.1 Å². The van der Waals surface area contributed by atoms with Gasteiger partial charge in [0, 0.05) is 17.1 Å². The smallest absolute Gasteiger partial charge is 0.308 e. The zero-order valence-electron chi connectivity index (χ0n) is 29.2. The van der Waals surface area contributed by atoms with Crippen LogP contribution < -0.4 is 38.3 Å². The van der Waals surface area contributed by atoms with Gasteiger partial charge in [-0.15, -0.1) is 0 Å². The third kappa shape index (κ3) is 12.8. The number of aromatic amines is 1. The maximum atomic E-state index is 13.5. The quantitative estimate of drug-likeness (QED) is 0.0441. The Kier molecular flexibility index (Phi) is 15.2. The molecule has 0 unspecified atom stereocenters. The highest BCUT2D eigenvalue weighted by atomic mass is 16.6. The molecule has 2 aromatic rings. The van der Waals surface area contributed by atoms with Crippen molar-refractivity contribution in [3.63, 3.8) is 0 Å². The molecule has 49 heavy (non-hydrogen) atoms. The molecule has 5 amide bonds. The Bertz CT molecular complexity index is 1470. The van der Waals surface area contributed by atoms with Crippen molar-refractivity contribution in [3.8, 4) is 0 Å². The molecule has 0 aliphatic rings. The van der Waals surface area contributed by atoms with Crippen molar-refractivity contribution >= 4 is 46.4 Å². The number of nitrogens with one attached hydrogen (secondary N) is 6. The third-order valence-corrected chi connectivity index (χ3v) is 7.42. The van der Waals surface area contributed by atoms with Gasteiger partial charge in [0.2, 0.25) is 23.6 Å². The van der Waals surface area contributed by atoms with E-state index in [1.807, 2.05) is 43.5 Å². The van der Waals surface area contributed by atoms with Crippen LogP contribution in [0.5, 0.6) is 0 Å². The maximum Gasteiger partial charge on any atom is 0.308 e. The van der Waals surface area contributed by atoms with Crippen LogP contribution in [0.2, 0.25) is 0 Å². The summed E-state index contributed by atoms with van der Waals surface area (Å²) in [5.74, 6) is 0.0804. The second-order valence-corrected chi connectivity index (χ2v) is 13.7. The molecule has 16 nitrogen and oxygen atoms in total. The highest BCUT2D eigenvalue weighted by Gasteiger charge is 2.34. The van der Waals surface area contributed by atoms with Crippen molar-refractivity contribution in [1.29, 1.82) is 0 Å². The largest absolute Gasteiger partial charge is 0.460 e. The van der Waals surface area contributed by atoms with Gasteiger partial charge in [-0.2, -0.15) is 0 Å². The van der Waals surface area contributed by atoms with Gasteiger partial charge >= 0.3 is 5.97 Å². The molecular weight excluding hydrogens is 636 g/mol. The highest BCUT2D eigenvalue weighted by Crippen LogP contribution is 2.19. The van der Waals surface area contributed by atoms with Crippen LogP contribution in [0.15, 0.2) is 30.5 Å². The maximum absolute atomic E-state index is 13.5. The number of nitrogens with two attached hydrogens (primary N) is 2. The monoisotopic (exact) mass is 688 g/mol. The lowest BCUT2D eigenvalue weighted by Crippen LogP contribution is -2.61. The average Bonchev–Trinajstić information content (AvgIpc) is 3.42. The highest BCUT2D eigenvalue weighted by molar-refractivity contribution is 5.97. The molecule has 272 valence electrons. The van der Waals surface area contributed by atoms with E-state index < -0.39 is 90.3 Å². The van der Waals surface area contributed by atoms with Gasteiger partial charge in [-0.1, -0.05) is 45.9 Å². The minimum absolute atomic E-state index is 0.0286. The lowest BCUT2D eigenvalue weighted by Gasteiger charge is -2.28. The summed E-state index contributed by atoms with van der Waals surface area (Å²) in [5, 5.41) is 20.9. The number of aromatic nitrogens is 1. The molecule has 0 bridgehead atoms. The fourth-order valence-corrected chi connectivity index (χ4v) is 4.99. The number of carbonyl (C=O) groups is 6. The van der Waals surface area contributed by atoms with Crippen molar-refractivity contribution in [3.05, 3.63) is 36.0 Å². The fraction of sp³-hybridized carbons (Fsp3) is 0.576. The number of hydrogen-bond acceptors (Lipinski definition) is 10. The normalized spacial score (nSPS) is 14.7. The molecule has 1 aromatic carbocycles. The molecule has 11 N–H and O–H groups in total. The van der Waals surface area contributed by atoms with Crippen LogP contribution in [0.25, 0.3) is 10.9 Å². The number of hydrogen-bond donors (Lipinski definition) is 9. The van der Waals surface area contributed by atoms with E-state index in [4.69, 9.17) is 16.3 Å². The van der Waals surface area contributed by atoms with Crippen LogP contribution in [0.1, 0.15) is 66.9 Å². The lowest BCUT2D eigenvalue weighted by molar-refractivity contribution is -0.156. The number of aliphatic hydroxyl groups excluding tert-OH is 1. The third-order valence-electron chi connectivity index (χ3n) is 7.42. The van der Waals surface area contributed by atoms with Gasteiger partial charge in [0.1, 0.15) is 29.8 Å². The van der Waals surface area contributed by atoms with Gasteiger partial charge in [0.15, 0.2) is 0 Å². The van der Waals surface area contributed by atoms with Crippen molar-refractivity contribution in [1.82, 2.24) is 31.7 Å². The summed E-state index contributed by atoms with van der Waals surface area (Å²) in [6, 6.07) is 1.09. The van der Waals surface area contributed by atoms with E-state index in [-0.39, 0.29) is 18.8 Å². The van der Waals surface area contributed by atoms with Gasteiger partial charge in [-0.25, -0.2) is 5.84 Å². The number of amides is 5. The Morgan fingerprint density at radius 3 is 2.00 bits per heavy atom. The zero-order valence-corrected chi connectivity index (χ0v) is 29.2. The van der Waals surface area contributed by atoms with E-state index in [2.05, 4.69) is 26.3 Å². The van der Waals surface area contributed by atoms with Crippen molar-refractivity contribution in [2.24, 2.45) is 23.4 Å². The van der Waals surface area contributed by atoms with Crippen molar-refractivity contribution in [2.75, 3.05) is 6.61 Å². The van der Waals surface area contributed by atoms with E-state index in [1.54, 1.807) is 40.8 Å². The molecule has 0 aliphatic carbocycles. The van der Waals surface area contributed by atoms with E-state index in [0.29, 0.717) is 0 Å². The molecule has 1 aromatic heterocycles. The molecule has 0 spiro atoms. The Balaban J connectivity index is 2.21. The Morgan fingerprint density at radius 2 is 1.43 bits per heavy atom. The van der Waals surface area contributed by atoms with Crippen LogP contribution in [0.4, 0.5) is 0 Å². The number of aliphatic hydroxyl groups is 1. The number of rotatable bonds is 17. The standard InChI is InChI=1S/C33H52N8O8/c1-17(2)12-23(31(47)41-35)38-32(48)27(18(3)4)40-30(46)25(16-42)39-29(45)24(14-26(43)49-33(5,6)7)37-28(44)21(34)13-19-15-36-22-11-9-8-10-20(19)22/h8-11,15,17-18,21,23-25,27,36,42H,12-14,16,34-35H2,1-7H3,(H,37,44)(H,38,48)(H,39,45)(H,40,46)(H,41,47)/t21-,23+,24-,25+,27-/m1/s1. The Labute approximate surface area is 286 Å². The van der Waals surface area contributed by atoms with Crippen LogP contribution in [0.3, 0.4) is 0 Å².